The molecule has 6 nitrogen and oxygen atoms in total. The molecule has 1 aliphatic carbocycles. The van der Waals surface area contributed by atoms with Crippen molar-refractivity contribution in [3.8, 4) is 5.82 Å². The molecule has 0 unspecified atom stereocenters. The summed E-state index contributed by atoms with van der Waals surface area (Å²) in [5.74, 6) is 1.32. The van der Waals surface area contributed by atoms with Gasteiger partial charge in [-0.1, -0.05) is 19.3 Å². The zero-order valence-electron chi connectivity index (χ0n) is 12.7. The molecule has 1 saturated carbocycles. The van der Waals surface area contributed by atoms with Crippen LogP contribution in [0.25, 0.3) is 5.82 Å². The molecule has 2 aromatic heterocycles. The van der Waals surface area contributed by atoms with E-state index in [1.807, 2.05) is 24.4 Å². The molecule has 3 N–H and O–H groups in total. The average Bonchev–Trinajstić information content (AvgIpc) is 3.09. The van der Waals surface area contributed by atoms with Crippen molar-refractivity contribution in [3.63, 3.8) is 0 Å². The first-order valence-electron chi connectivity index (χ1n) is 7.83. The minimum atomic E-state index is 0.481. The third-order valence-electron chi connectivity index (χ3n) is 3.94. The number of rotatable bonds is 4. The van der Waals surface area contributed by atoms with Crippen molar-refractivity contribution in [2.45, 2.75) is 44.7 Å². The van der Waals surface area contributed by atoms with Crippen LogP contribution in [-0.2, 0) is 6.54 Å². The second kappa shape index (κ2) is 7.06. The van der Waals surface area contributed by atoms with Crippen molar-refractivity contribution in [1.82, 2.24) is 20.1 Å². The molecule has 22 heavy (non-hydrogen) atoms. The standard InChI is InChI=1S/C16H22N6/c17-16(21-14-5-2-1-3-6-14)19-12-13-7-9-18-15(11-13)22-10-4-8-20-22/h4,7-11,14H,1-3,5-6,12H2,(H3,17,19,21). The topological polar surface area (TPSA) is 81.1 Å². The van der Waals surface area contributed by atoms with Gasteiger partial charge in [-0.25, -0.2) is 14.7 Å². The molecule has 3 rings (SSSR count). The van der Waals surface area contributed by atoms with Crippen LogP contribution in [0.2, 0.25) is 0 Å². The molecule has 0 atom stereocenters. The molecule has 2 aromatic rings. The summed E-state index contributed by atoms with van der Waals surface area (Å²) >= 11 is 0. The molecule has 116 valence electrons. The van der Waals surface area contributed by atoms with Crippen LogP contribution in [0.4, 0.5) is 0 Å². The number of nitrogens with one attached hydrogen (secondary N) is 1. The van der Waals surface area contributed by atoms with Gasteiger partial charge in [0, 0.05) is 24.6 Å². The molecular formula is C16H22N6. The van der Waals surface area contributed by atoms with E-state index in [4.69, 9.17) is 5.73 Å². The first-order valence-corrected chi connectivity index (χ1v) is 7.83. The van der Waals surface area contributed by atoms with Crippen LogP contribution in [0.15, 0.2) is 41.8 Å². The molecule has 1 aliphatic rings. The van der Waals surface area contributed by atoms with E-state index in [9.17, 15) is 0 Å². The lowest BCUT2D eigenvalue weighted by molar-refractivity contribution is 0.412. The van der Waals surface area contributed by atoms with Gasteiger partial charge in [-0.2, -0.15) is 5.10 Å². The van der Waals surface area contributed by atoms with Gasteiger partial charge in [-0.05, 0) is 36.6 Å². The van der Waals surface area contributed by atoms with E-state index >= 15 is 0 Å². The van der Waals surface area contributed by atoms with Crippen LogP contribution in [-0.4, -0.2) is 26.8 Å². The van der Waals surface area contributed by atoms with Gasteiger partial charge in [0.15, 0.2) is 11.8 Å². The summed E-state index contributed by atoms with van der Waals surface area (Å²) in [5, 5.41) is 7.51. The van der Waals surface area contributed by atoms with E-state index in [0.717, 1.165) is 11.4 Å². The second-order valence-corrected chi connectivity index (χ2v) is 5.65. The highest BCUT2D eigenvalue weighted by Crippen LogP contribution is 2.17. The average molecular weight is 298 g/mol. The highest BCUT2D eigenvalue weighted by atomic mass is 15.3. The van der Waals surface area contributed by atoms with Gasteiger partial charge < -0.3 is 11.1 Å². The van der Waals surface area contributed by atoms with Crippen molar-refractivity contribution < 1.29 is 0 Å². The number of hydrogen-bond acceptors (Lipinski definition) is 3. The quantitative estimate of drug-likeness (QED) is 0.668. The van der Waals surface area contributed by atoms with Crippen molar-refractivity contribution in [2.75, 3.05) is 0 Å². The first-order chi connectivity index (χ1) is 10.8. The van der Waals surface area contributed by atoms with E-state index < -0.39 is 0 Å². The molecule has 0 saturated heterocycles. The van der Waals surface area contributed by atoms with Gasteiger partial charge in [0.25, 0.3) is 0 Å². The van der Waals surface area contributed by atoms with Gasteiger partial charge in [0.1, 0.15) is 0 Å². The monoisotopic (exact) mass is 298 g/mol. The first kappa shape index (κ1) is 14.6. The number of aromatic nitrogens is 3. The lowest BCUT2D eigenvalue weighted by Gasteiger charge is -2.23. The highest BCUT2D eigenvalue weighted by molar-refractivity contribution is 5.78. The summed E-state index contributed by atoms with van der Waals surface area (Å²) in [6.07, 6.45) is 11.6. The Morgan fingerprint density at radius 1 is 1.32 bits per heavy atom. The van der Waals surface area contributed by atoms with E-state index in [1.165, 1.54) is 32.1 Å². The van der Waals surface area contributed by atoms with Gasteiger partial charge in [-0.3, -0.25) is 0 Å². The lowest BCUT2D eigenvalue weighted by atomic mass is 9.96. The summed E-state index contributed by atoms with van der Waals surface area (Å²) in [4.78, 5) is 8.74. The molecule has 0 bridgehead atoms. The third kappa shape index (κ3) is 3.84. The number of guanidine groups is 1. The normalized spacial score (nSPS) is 16.6. The predicted molar refractivity (Wildman–Crippen MR) is 86.7 cm³/mol. The molecule has 2 heterocycles. The number of pyridine rings is 1. The van der Waals surface area contributed by atoms with Crippen LogP contribution >= 0.6 is 0 Å². The summed E-state index contributed by atoms with van der Waals surface area (Å²) in [5.41, 5.74) is 7.05. The Morgan fingerprint density at radius 2 is 2.18 bits per heavy atom. The fourth-order valence-corrected chi connectivity index (χ4v) is 2.77. The second-order valence-electron chi connectivity index (χ2n) is 5.65. The predicted octanol–water partition coefficient (Wildman–Crippen LogP) is 2.00. The Morgan fingerprint density at radius 3 is 2.95 bits per heavy atom. The molecule has 0 aromatic carbocycles. The van der Waals surface area contributed by atoms with Gasteiger partial charge in [-0.15, -0.1) is 0 Å². The summed E-state index contributed by atoms with van der Waals surface area (Å²) < 4.78 is 1.73. The Balaban J connectivity index is 1.60. The van der Waals surface area contributed by atoms with Gasteiger partial charge in [0.2, 0.25) is 0 Å². The smallest absolute Gasteiger partial charge is 0.189 e. The molecule has 0 amide bonds. The van der Waals surface area contributed by atoms with Crippen LogP contribution < -0.4 is 11.1 Å². The minimum Gasteiger partial charge on any atom is -0.370 e. The fourth-order valence-electron chi connectivity index (χ4n) is 2.77. The van der Waals surface area contributed by atoms with Crippen molar-refractivity contribution in [2.24, 2.45) is 10.7 Å². The fraction of sp³-hybridized carbons (Fsp3) is 0.438. The Hall–Kier alpha value is -2.37. The molecule has 0 aliphatic heterocycles. The van der Waals surface area contributed by atoms with Crippen LogP contribution in [0.1, 0.15) is 37.7 Å². The summed E-state index contributed by atoms with van der Waals surface area (Å²) in [7, 11) is 0. The largest absolute Gasteiger partial charge is 0.370 e. The third-order valence-corrected chi connectivity index (χ3v) is 3.94. The van der Waals surface area contributed by atoms with Crippen LogP contribution in [0.3, 0.4) is 0 Å². The Kier molecular flexibility index (Phi) is 4.68. The van der Waals surface area contributed by atoms with Crippen molar-refractivity contribution in [1.29, 1.82) is 0 Å². The SMILES string of the molecule is NC(=NCc1ccnc(-n2cccn2)c1)NC1CCCCC1. The minimum absolute atomic E-state index is 0.481. The van der Waals surface area contributed by atoms with E-state index in [2.05, 4.69) is 20.4 Å². The molecule has 0 spiro atoms. The van der Waals surface area contributed by atoms with Crippen molar-refractivity contribution >= 4 is 5.96 Å². The van der Waals surface area contributed by atoms with E-state index in [-0.39, 0.29) is 0 Å². The zero-order valence-corrected chi connectivity index (χ0v) is 12.7. The van der Waals surface area contributed by atoms with Crippen LogP contribution in [0.5, 0.6) is 0 Å². The number of nitrogens with two attached hydrogens (primary N) is 1. The summed E-state index contributed by atoms with van der Waals surface area (Å²) in [6.45, 7) is 0.544. The van der Waals surface area contributed by atoms with E-state index in [1.54, 1.807) is 17.1 Å². The van der Waals surface area contributed by atoms with E-state index in [0.29, 0.717) is 18.5 Å². The molecule has 6 heteroatoms. The summed E-state index contributed by atoms with van der Waals surface area (Å²) in [6, 6.07) is 6.28. The zero-order chi connectivity index (χ0) is 15.2. The molecule has 0 radical (unpaired) electrons. The maximum absolute atomic E-state index is 5.99. The molecular weight excluding hydrogens is 276 g/mol. The van der Waals surface area contributed by atoms with Gasteiger partial charge >= 0.3 is 0 Å². The van der Waals surface area contributed by atoms with Crippen LogP contribution in [0, 0.1) is 0 Å². The van der Waals surface area contributed by atoms with Crippen molar-refractivity contribution in [3.05, 3.63) is 42.4 Å². The van der Waals surface area contributed by atoms with Gasteiger partial charge in [0.05, 0.1) is 6.54 Å². The maximum Gasteiger partial charge on any atom is 0.189 e. The Bertz CT molecular complexity index is 613. The highest BCUT2D eigenvalue weighted by Gasteiger charge is 2.13. The number of nitrogens with zero attached hydrogens (tertiary/aromatic N) is 4. The molecule has 1 fully saturated rings. The lowest BCUT2D eigenvalue weighted by Crippen LogP contribution is -2.41. The maximum atomic E-state index is 5.99. The Labute approximate surface area is 130 Å². The number of hydrogen-bond donors (Lipinski definition) is 2. The number of aliphatic imine (C=N–C) groups is 1.